The van der Waals surface area contributed by atoms with Gasteiger partial charge in [0.15, 0.2) is 0 Å². The SMILES string of the molecule is COc1cc(OC)cc(-c2c(C(=O)N(C)C)c(C)nc3sc4c(c23)CCCC4)c1. The van der Waals surface area contributed by atoms with E-state index in [0.29, 0.717) is 17.1 Å². The smallest absolute Gasteiger partial charge is 0.255 e. The van der Waals surface area contributed by atoms with Gasteiger partial charge in [-0.25, -0.2) is 4.98 Å². The molecule has 0 unspecified atom stereocenters. The number of aromatic nitrogens is 1. The molecule has 2 aromatic heterocycles. The van der Waals surface area contributed by atoms with Crippen LogP contribution < -0.4 is 9.47 Å². The molecular weight excluding hydrogens is 384 g/mol. The number of benzene rings is 1. The highest BCUT2D eigenvalue weighted by Gasteiger charge is 2.27. The molecule has 0 fully saturated rings. The molecule has 0 atom stereocenters. The summed E-state index contributed by atoms with van der Waals surface area (Å²) in [6.45, 7) is 1.93. The van der Waals surface area contributed by atoms with E-state index in [9.17, 15) is 4.79 Å². The van der Waals surface area contributed by atoms with Crippen molar-refractivity contribution in [3.8, 4) is 22.6 Å². The van der Waals surface area contributed by atoms with E-state index in [-0.39, 0.29) is 5.91 Å². The number of hydrogen-bond donors (Lipinski definition) is 0. The van der Waals surface area contributed by atoms with Crippen LogP contribution in [0.4, 0.5) is 0 Å². The number of nitrogens with zero attached hydrogens (tertiary/aromatic N) is 2. The monoisotopic (exact) mass is 410 g/mol. The molecule has 3 aromatic rings. The predicted octanol–water partition coefficient (Wildman–Crippen LogP) is 4.87. The Balaban J connectivity index is 2.13. The highest BCUT2D eigenvalue weighted by Crippen LogP contribution is 2.44. The zero-order valence-electron chi connectivity index (χ0n) is 17.6. The van der Waals surface area contributed by atoms with E-state index in [1.165, 1.54) is 23.3 Å². The van der Waals surface area contributed by atoms with Gasteiger partial charge in [0, 0.05) is 36.0 Å². The molecule has 0 radical (unpaired) electrons. The summed E-state index contributed by atoms with van der Waals surface area (Å²) < 4.78 is 11.0. The molecular formula is C23H26N2O3S. The van der Waals surface area contributed by atoms with Crippen molar-refractivity contribution in [2.75, 3.05) is 28.3 Å². The number of methoxy groups -OCH3 is 2. The first kappa shape index (κ1) is 19.7. The van der Waals surface area contributed by atoms with Crippen molar-refractivity contribution in [2.24, 2.45) is 0 Å². The summed E-state index contributed by atoms with van der Waals surface area (Å²) in [5.41, 5.74) is 4.64. The number of pyridine rings is 1. The van der Waals surface area contributed by atoms with E-state index in [1.807, 2.05) is 25.1 Å². The zero-order chi connectivity index (χ0) is 20.7. The molecule has 0 saturated heterocycles. The van der Waals surface area contributed by atoms with Crippen LogP contribution in [-0.2, 0) is 12.8 Å². The van der Waals surface area contributed by atoms with Crippen LogP contribution in [0.3, 0.4) is 0 Å². The maximum Gasteiger partial charge on any atom is 0.255 e. The van der Waals surface area contributed by atoms with Crippen LogP contribution in [0.2, 0.25) is 0 Å². The molecule has 5 nitrogen and oxygen atoms in total. The largest absolute Gasteiger partial charge is 0.497 e. The van der Waals surface area contributed by atoms with Gasteiger partial charge in [0.1, 0.15) is 16.3 Å². The topological polar surface area (TPSA) is 51.7 Å². The molecule has 0 aliphatic heterocycles. The van der Waals surface area contributed by atoms with Gasteiger partial charge in [-0.3, -0.25) is 4.79 Å². The van der Waals surface area contributed by atoms with Gasteiger partial charge in [-0.1, -0.05) is 0 Å². The quantitative estimate of drug-likeness (QED) is 0.616. The second-order valence-electron chi connectivity index (χ2n) is 7.64. The second kappa shape index (κ2) is 7.67. The number of fused-ring (bicyclic) bond motifs is 3. The summed E-state index contributed by atoms with van der Waals surface area (Å²) in [6.07, 6.45) is 4.51. The van der Waals surface area contributed by atoms with Gasteiger partial charge >= 0.3 is 0 Å². The molecule has 2 heterocycles. The van der Waals surface area contributed by atoms with Crippen molar-refractivity contribution in [1.82, 2.24) is 9.88 Å². The van der Waals surface area contributed by atoms with Crippen molar-refractivity contribution in [1.29, 1.82) is 0 Å². The first-order valence-corrected chi connectivity index (χ1v) is 10.7. The number of thiophene rings is 1. The summed E-state index contributed by atoms with van der Waals surface area (Å²) >= 11 is 1.77. The molecule has 0 spiro atoms. The first-order valence-electron chi connectivity index (χ1n) is 9.84. The predicted molar refractivity (Wildman–Crippen MR) is 118 cm³/mol. The number of carbonyl (C=O) groups excluding carboxylic acids is 1. The van der Waals surface area contributed by atoms with Gasteiger partial charge in [0.25, 0.3) is 5.91 Å². The van der Waals surface area contributed by atoms with Crippen LogP contribution in [0.25, 0.3) is 21.3 Å². The lowest BCUT2D eigenvalue weighted by Crippen LogP contribution is -2.24. The third-order valence-corrected chi connectivity index (χ3v) is 6.73. The van der Waals surface area contributed by atoms with E-state index in [2.05, 4.69) is 0 Å². The molecule has 0 saturated carbocycles. The summed E-state index contributed by atoms with van der Waals surface area (Å²) in [5.74, 6) is 1.37. The lowest BCUT2D eigenvalue weighted by molar-refractivity contribution is 0.0827. The van der Waals surface area contributed by atoms with Crippen LogP contribution in [0.5, 0.6) is 11.5 Å². The second-order valence-corrected chi connectivity index (χ2v) is 8.72. The van der Waals surface area contributed by atoms with Gasteiger partial charge in [-0.15, -0.1) is 11.3 Å². The Hall–Kier alpha value is -2.60. The Morgan fingerprint density at radius 1 is 1.07 bits per heavy atom. The van der Waals surface area contributed by atoms with Crippen molar-refractivity contribution < 1.29 is 14.3 Å². The lowest BCUT2D eigenvalue weighted by atomic mass is 9.89. The van der Waals surface area contributed by atoms with Gasteiger partial charge in [-0.05, 0) is 55.9 Å². The van der Waals surface area contributed by atoms with E-state index >= 15 is 0 Å². The number of rotatable bonds is 4. The number of aryl methyl sites for hydroxylation is 3. The average molecular weight is 411 g/mol. The fourth-order valence-electron chi connectivity index (χ4n) is 4.13. The minimum atomic E-state index is -0.0375. The Bertz CT molecular complexity index is 1080. The van der Waals surface area contributed by atoms with Crippen LogP contribution in [-0.4, -0.2) is 44.1 Å². The number of ether oxygens (including phenoxy) is 2. The van der Waals surface area contributed by atoms with Crippen LogP contribution >= 0.6 is 11.3 Å². The third-order valence-electron chi connectivity index (χ3n) is 5.54. The third kappa shape index (κ3) is 3.35. The standard InChI is InChI=1S/C23H26N2O3S/c1-13-19(23(26)25(2)3)20(14-10-15(27-4)12-16(11-14)28-5)21-17-8-6-7-9-18(17)29-22(21)24-13/h10-12H,6-9H2,1-5H3. The molecule has 29 heavy (non-hydrogen) atoms. The Kier molecular flexibility index (Phi) is 5.21. The van der Waals surface area contributed by atoms with Crippen LogP contribution in [0.15, 0.2) is 18.2 Å². The molecule has 4 rings (SSSR count). The molecule has 1 aliphatic carbocycles. The maximum atomic E-state index is 13.2. The highest BCUT2D eigenvalue weighted by atomic mass is 32.1. The van der Waals surface area contributed by atoms with E-state index in [4.69, 9.17) is 14.5 Å². The fraction of sp³-hybridized carbons (Fsp3) is 0.391. The molecule has 0 N–H and O–H groups in total. The summed E-state index contributed by atoms with van der Waals surface area (Å²) in [6, 6.07) is 5.82. The van der Waals surface area contributed by atoms with Gasteiger partial charge in [-0.2, -0.15) is 0 Å². The molecule has 1 aromatic carbocycles. The number of hydrogen-bond acceptors (Lipinski definition) is 5. The minimum absolute atomic E-state index is 0.0375. The first-order chi connectivity index (χ1) is 13.9. The van der Waals surface area contributed by atoms with Crippen molar-refractivity contribution in [2.45, 2.75) is 32.6 Å². The van der Waals surface area contributed by atoms with E-state index < -0.39 is 0 Å². The molecule has 6 heteroatoms. The fourth-order valence-corrected chi connectivity index (χ4v) is 5.44. The average Bonchev–Trinajstić information content (AvgIpc) is 3.09. The Morgan fingerprint density at radius 2 is 1.72 bits per heavy atom. The molecule has 1 amide bonds. The van der Waals surface area contributed by atoms with Crippen molar-refractivity contribution in [3.05, 3.63) is 39.9 Å². The number of carbonyl (C=O) groups is 1. The molecule has 1 aliphatic rings. The van der Waals surface area contributed by atoms with Crippen LogP contribution in [0.1, 0.15) is 39.3 Å². The van der Waals surface area contributed by atoms with Crippen molar-refractivity contribution >= 4 is 27.5 Å². The van der Waals surface area contributed by atoms with Crippen molar-refractivity contribution in [3.63, 3.8) is 0 Å². The van der Waals surface area contributed by atoms with E-state index in [0.717, 1.165) is 39.9 Å². The summed E-state index contributed by atoms with van der Waals surface area (Å²) in [5, 5.41) is 1.12. The maximum absolute atomic E-state index is 13.2. The minimum Gasteiger partial charge on any atom is -0.497 e. The Labute approximate surface area is 175 Å². The molecule has 152 valence electrons. The highest BCUT2D eigenvalue weighted by molar-refractivity contribution is 7.19. The van der Waals surface area contributed by atoms with Gasteiger partial charge in [0.05, 0.1) is 25.5 Å². The lowest BCUT2D eigenvalue weighted by Gasteiger charge is -2.19. The van der Waals surface area contributed by atoms with Gasteiger partial charge < -0.3 is 14.4 Å². The molecule has 0 bridgehead atoms. The van der Waals surface area contributed by atoms with E-state index in [1.54, 1.807) is 44.6 Å². The Morgan fingerprint density at radius 3 is 2.34 bits per heavy atom. The normalized spacial score (nSPS) is 13.3. The van der Waals surface area contributed by atoms with Crippen LogP contribution in [0, 0.1) is 6.92 Å². The summed E-state index contributed by atoms with van der Waals surface area (Å²) in [4.78, 5) is 22.1. The zero-order valence-corrected chi connectivity index (χ0v) is 18.4. The number of amides is 1. The van der Waals surface area contributed by atoms with Gasteiger partial charge in [0.2, 0.25) is 0 Å². The summed E-state index contributed by atoms with van der Waals surface area (Å²) in [7, 11) is 6.85.